The quantitative estimate of drug-likeness (QED) is 0.753. The van der Waals surface area contributed by atoms with Crippen molar-refractivity contribution in [2.45, 2.75) is 23.6 Å². The van der Waals surface area contributed by atoms with E-state index in [4.69, 9.17) is 5.14 Å². The molecule has 2 aromatic rings. The van der Waals surface area contributed by atoms with Gasteiger partial charge in [0.2, 0.25) is 10.0 Å². The maximum Gasteiger partial charge on any atom is 0.238 e. The van der Waals surface area contributed by atoms with Crippen LogP contribution >= 0.6 is 15.9 Å². The topological polar surface area (TPSA) is 72.2 Å². The average molecular weight is 383 g/mol. The largest absolute Gasteiger partial charge is 0.385 e. The van der Waals surface area contributed by atoms with Gasteiger partial charge in [-0.3, -0.25) is 0 Å². The Kier molecular flexibility index (Phi) is 5.61. The van der Waals surface area contributed by atoms with E-state index >= 15 is 0 Å². The predicted molar refractivity (Wildman–Crippen MR) is 93.9 cm³/mol. The van der Waals surface area contributed by atoms with Gasteiger partial charge in [0.25, 0.3) is 0 Å². The molecule has 4 nitrogen and oxygen atoms in total. The Bertz CT molecular complexity index is 746. The highest BCUT2D eigenvalue weighted by Crippen LogP contribution is 2.29. The molecule has 0 radical (unpaired) electrons. The third-order valence-corrected chi connectivity index (χ3v) is 4.95. The van der Waals surface area contributed by atoms with Gasteiger partial charge in [-0.2, -0.15) is 0 Å². The summed E-state index contributed by atoms with van der Waals surface area (Å²) >= 11 is 3.37. The van der Waals surface area contributed by atoms with Gasteiger partial charge in [-0.1, -0.05) is 46.3 Å². The van der Waals surface area contributed by atoms with Gasteiger partial charge in [-0.25, -0.2) is 13.6 Å². The van der Waals surface area contributed by atoms with Crippen molar-refractivity contribution in [1.29, 1.82) is 0 Å². The molecule has 0 unspecified atom stereocenters. The summed E-state index contributed by atoms with van der Waals surface area (Å²) in [5, 5.41) is 9.24. The van der Waals surface area contributed by atoms with E-state index in [1.54, 1.807) is 6.07 Å². The Balaban J connectivity index is 2.61. The number of nitrogens with two attached hydrogens (primary N) is 1. The van der Waals surface area contributed by atoms with E-state index in [9.17, 15) is 8.42 Å². The first kappa shape index (κ1) is 17.0. The first-order chi connectivity index (χ1) is 10.5. The number of rotatable bonds is 6. The molecule has 0 heterocycles. The highest BCUT2D eigenvalue weighted by Gasteiger charge is 2.19. The molecule has 0 aromatic heterocycles. The summed E-state index contributed by atoms with van der Waals surface area (Å²) in [7, 11) is -3.79. The minimum absolute atomic E-state index is 0.184. The summed E-state index contributed by atoms with van der Waals surface area (Å²) in [6.45, 7) is 2.68. The van der Waals surface area contributed by atoms with E-state index < -0.39 is 10.0 Å². The zero-order valence-electron chi connectivity index (χ0n) is 12.3. The van der Waals surface area contributed by atoms with E-state index in [1.165, 1.54) is 0 Å². The zero-order chi connectivity index (χ0) is 16.2. The van der Waals surface area contributed by atoms with Gasteiger partial charge >= 0.3 is 0 Å². The van der Waals surface area contributed by atoms with Crippen molar-refractivity contribution in [1.82, 2.24) is 0 Å². The minimum Gasteiger partial charge on any atom is -0.385 e. The molecule has 0 amide bonds. The van der Waals surface area contributed by atoms with Crippen LogP contribution in [0.4, 0.5) is 5.69 Å². The van der Waals surface area contributed by atoms with Crippen LogP contribution in [-0.2, 0) is 21.8 Å². The molecule has 0 saturated heterocycles. The van der Waals surface area contributed by atoms with E-state index in [0.29, 0.717) is 23.9 Å². The molecule has 0 aliphatic heterocycles. The summed E-state index contributed by atoms with van der Waals surface area (Å²) in [6, 6.07) is 13.4. The summed E-state index contributed by atoms with van der Waals surface area (Å²) in [5.41, 5.74) is 3.43. The molecular formula is C16H19BrN2O2S. The maximum atomic E-state index is 12.0. The average Bonchev–Trinajstić information content (AvgIpc) is 2.49. The van der Waals surface area contributed by atoms with Gasteiger partial charge < -0.3 is 5.32 Å². The van der Waals surface area contributed by atoms with Crippen LogP contribution < -0.4 is 10.5 Å². The van der Waals surface area contributed by atoms with Crippen molar-refractivity contribution >= 4 is 31.6 Å². The molecule has 2 rings (SSSR count). The monoisotopic (exact) mass is 382 g/mol. The van der Waals surface area contributed by atoms with Crippen molar-refractivity contribution in [3.63, 3.8) is 0 Å². The second-order valence-electron chi connectivity index (χ2n) is 4.99. The first-order valence-corrected chi connectivity index (χ1v) is 9.64. The standard InChI is InChI=1S/C16H19BrN2O2S/c1-2-19-15-9-13(11-17)10-16(22(18,20)21)14(15)8-12-6-4-3-5-7-12/h3-7,9-10,19H,2,8,11H2,1H3,(H2,18,20,21). The molecule has 0 aliphatic rings. The van der Waals surface area contributed by atoms with Crippen LogP contribution in [-0.4, -0.2) is 15.0 Å². The van der Waals surface area contributed by atoms with Crippen LogP contribution in [0.15, 0.2) is 47.4 Å². The predicted octanol–water partition coefficient (Wildman–Crippen LogP) is 3.25. The minimum atomic E-state index is -3.79. The smallest absolute Gasteiger partial charge is 0.238 e. The third-order valence-electron chi connectivity index (χ3n) is 3.32. The first-order valence-electron chi connectivity index (χ1n) is 6.98. The number of anilines is 1. The van der Waals surface area contributed by atoms with Gasteiger partial charge in [0.1, 0.15) is 0 Å². The second-order valence-corrected chi connectivity index (χ2v) is 7.08. The lowest BCUT2D eigenvalue weighted by molar-refractivity contribution is 0.597. The SMILES string of the molecule is CCNc1cc(CBr)cc(S(N)(=O)=O)c1Cc1ccccc1. The van der Waals surface area contributed by atoms with Crippen LogP contribution in [0.5, 0.6) is 0 Å². The number of primary sulfonamides is 1. The summed E-state index contributed by atoms with van der Waals surface area (Å²) in [5.74, 6) is 0. The number of halogens is 1. The highest BCUT2D eigenvalue weighted by atomic mass is 79.9. The molecule has 3 N–H and O–H groups in total. The Morgan fingerprint density at radius 3 is 2.36 bits per heavy atom. The van der Waals surface area contributed by atoms with E-state index in [-0.39, 0.29) is 4.90 Å². The molecule has 22 heavy (non-hydrogen) atoms. The van der Waals surface area contributed by atoms with Crippen LogP contribution in [0.3, 0.4) is 0 Å². The molecule has 0 saturated carbocycles. The summed E-state index contributed by atoms with van der Waals surface area (Å²) in [4.78, 5) is 0.184. The number of alkyl halides is 1. The van der Waals surface area contributed by atoms with E-state index in [1.807, 2.05) is 43.3 Å². The van der Waals surface area contributed by atoms with Crippen molar-refractivity contribution in [2.24, 2.45) is 5.14 Å². The number of sulfonamides is 1. The Morgan fingerprint density at radius 2 is 1.82 bits per heavy atom. The fraction of sp³-hybridized carbons (Fsp3) is 0.250. The number of benzene rings is 2. The Morgan fingerprint density at radius 1 is 1.14 bits per heavy atom. The van der Waals surface area contributed by atoms with Crippen molar-refractivity contribution < 1.29 is 8.42 Å². The van der Waals surface area contributed by atoms with Crippen LogP contribution in [0.2, 0.25) is 0 Å². The van der Waals surface area contributed by atoms with Gasteiger partial charge in [-0.15, -0.1) is 0 Å². The molecule has 0 aliphatic carbocycles. The second kappa shape index (κ2) is 7.26. The molecule has 0 fully saturated rings. The molecule has 0 bridgehead atoms. The van der Waals surface area contributed by atoms with Gasteiger partial charge in [0.15, 0.2) is 0 Å². The fourth-order valence-electron chi connectivity index (χ4n) is 2.36. The lowest BCUT2D eigenvalue weighted by Crippen LogP contribution is -2.17. The lowest BCUT2D eigenvalue weighted by atomic mass is 10.0. The van der Waals surface area contributed by atoms with Crippen LogP contribution in [0.25, 0.3) is 0 Å². The normalized spacial score (nSPS) is 11.4. The number of hydrogen-bond donors (Lipinski definition) is 2. The van der Waals surface area contributed by atoms with Crippen molar-refractivity contribution in [3.05, 3.63) is 59.2 Å². The highest BCUT2D eigenvalue weighted by molar-refractivity contribution is 9.08. The molecule has 118 valence electrons. The summed E-state index contributed by atoms with van der Waals surface area (Å²) in [6.07, 6.45) is 0.511. The fourth-order valence-corrected chi connectivity index (χ4v) is 3.53. The molecule has 2 aromatic carbocycles. The molecule has 6 heteroatoms. The third kappa shape index (κ3) is 4.09. The van der Waals surface area contributed by atoms with E-state index in [2.05, 4.69) is 21.2 Å². The van der Waals surface area contributed by atoms with Gasteiger partial charge in [0.05, 0.1) is 4.90 Å². The number of hydrogen-bond acceptors (Lipinski definition) is 3. The van der Waals surface area contributed by atoms with E-state index in [0.717, 1.165) is 16.8 Å². The van der Waals surface area contributed by atoms with Crippen molar-refractivity contribution in [2.75, 3.05) is 11.9 Å². The molecule has 0 spiro atoms. The van der Waals surface area contributed by atoms with Gasteiger partial charge in [-0.05, 0) is 35.7 Å². The van der Waals surface area contributed by atoms with Gasteiger partial charge in [0, 0.05) is 24.0 Å². The summed E-state index contributed by atoms with van der Waals surface area (Å²) < 4.78 is 24.0. The Labute approximate surface area is 139 Å². The Hall–Kier alpha value is -1.37. The van der Waals surface area contributed by atoms with Crippen molar-refractivity contribution in [3.8, 4) is 0 Å². The maximum absolute atomic E-state index is 12.0. The lowest BCUT2D eigenvalue weighted by Gasteiger charge is -2.16. The molecular weight excluding hydrogens is 364 g/mol. The molecule has 0 atom stereocenters. The zero-order valence-corrected chi connectivity index (χ0v) is 14.7. The number of nitrogens with one attached hydrogen (secondary N) is 1. The van der Waals surface area contributed by atoms with Crippen LogP contribution in [0.1, 0.15) is 23.6 Å². The van der Waals surface area contributed by atoms with Crippen LogP contribution in [0, 0.1) is 0 Å².